The molecule has 9 heteroatoms. The molecule has 4 N–H and O–H groups in total. The summed E-state index contributed by atoms with van der Waals surface area (Å²) in [6, 6.07) is 8.99. The number of amidine groups is 1. The van der Waals surface area contributed by atoms with Crippen molar-refractivity contribution in [3.05, 3.63) is 70.4 Å². The van der Waals surface area contributed by atoms with Crippen molar-refractivity contribution >= 4 is 28.2 Å². The number of benzene rings is 2. The molecule has 0 unspecified atom stereocenters. The lowest BCUT2D eigenvalue weighted by molar-refractivity contribution is 0.101. The minimum atomic E-state index is -0.921. The Morgan fingerprint density at radius 3 is 2.67 bits per heavy atom. The topological polar surface area (TPSA) is 95.1 Å². The van der Waals surface area contributed by atoms with Crippen LogP contribution in [0.5, 0.6) is 0 Å². The van der Waals surface area contributed by atoms with E-state index in [0.717, 1.165) is 52.2 Å². The summed E-state index contributed by atoms with van der Waals surface area (Å²) in [4.78, 5) is 17.8. The number of hydrogen-bond donors (Lipinski definition) is 3. The number of carbonyl (C=O) groups excluding carboxylic acids is 1. The van der Waals surface area contributed by atoms with Gasteiger partial charge in [0.2, 0.25) is 0 Å². The van der Waals surface area contributed by atoms with Gasteiger partial charge in [0.05, 0.1) is 10.6 Å². The Morgan fingerprint density at radius 1 is 1.23 bits per heavy atom. The first-order valence-electron chi connectivity index (χ1n) is 9.31. The highest BCUT2D eigenvalue weighted by atomic mass is 32.1. The SMILES string of the molecule is CN(N)C(=N)c1ccc2c(c1)CCCc1nc(NC(=O)c3c(F)cccc3F)sc1-2. The second kappa shape index (κ2) is 7.92. The molecule has 1 heterocycles. The third-order valence-corrected chi connectivity index (χ3v) is 5.99. The van der Waals surface area contributed by atoms with Crippen molar-refractivity contribution in [3.8, 4) is 10.4 Å². The third-order valence-electron chi connectivity index (χ3n) is 4.94. The van der Waals surface area contributed by atoms with E-state index in [9.17, 15) is 13.6 Å². The maximum absolute atomic E-state index is 13.9. The number of thiazole rings is 1. The fraction of sp³-hybridized carbons (Fsp3) is 0.190. The van der Waals surface area contributed by atoms with Gasteiger partial charge < -0.3 is 0 Å². The summed E-state index contributed by atoms with van der Waals surface area (Å²) in [5.74, 6) is 3.18. The highest BCUT2D eigenvalue weighted by molar-refractivity contribution is 7.19. The number of hydrogen-bond acceptors (Lipinski definition) is 5. The summed E-state index contributed by atoms with van der Waals surface area (Å²) >= 11 is 1.27. The monoisotopic (exact) mass is 427 g/mol. The van der Waals surface area contributed by atoms with Gasteiger partial charge in [0.15, 0.2) is 5.13 Å². The second-order valence-electron chi connectivity index (χ2n) is 7.03. The molecule has 154 valence electrons. The van der Waals surface area contributed by atoms with Gasteiger partial charge in [-0.25, -0.2) is 19.6 Å². The quantitative estimate of drug-likeness (QED) is 0.255. The molecule has 0 radical (unpaired) electrons. The number of nitrogens with zero attached hydrogens (tertiary/aromatic N) is 2. The van der Waals surface area contributed by atoms with Gasteiger partial charge in [-0.3, -0.25) is 20.5 Å². The van der Waals surface area contributed by atoms with Gasteiger partial charge in [-0.15, -0.1) is 0 Å². The van der Waals surface area contributed by atoms with Crippen LogP contribution in [0.2, 0.25) is 0 Å². The van der Waals surface area contributed by atoms with Crippen LogP contribution in [0.25, 0.3) is 10.4 Å². The lowest BCUT2D eigenvalue weighted by Gasteiger charge is -2.15. The molecule has 0 fully saturated rings. The number of aryl methyl sites for hydroxylation is 2. The Labute approximate surface area is 175 Å². The number of aromatic nitrogens is 1. The van der Waals surface area contributed by atoms with Crippen molar-refractivity contribution in [1.29, 1.82) is 5.41 Å². The van der Waals surface area contributed by atoms with Gasteiger partial charge in [-0.05, 0) is 48.6 Å². The zero-order valence-electron chi connectivity index (χ0n) is 16.1. The fourth-order valence-corrected chi connectivity index (χ4v) is 4.55. The van der Waals surface area contributed by atoms with Crippen molar-refractivity contribution in [2.24, 2.45) is 5.84 Å². The van der Waals surface area contributed by atoms with E-state index in [4.69, 9.17) is 11.3 Å². The normalized spacial score (nSPS) is 12.5. The number of carbonyl (C=O) groups is 1. The highest BCUT2D eigenvalue weighted by Crippen LogP contribution is 2.39. The van der Waals surface area contributed by atoms with Gasteiger partial charge in [0.25, 0.3) is 5.91 Å². The van der Waals surface area contributed by atoms with Crippen LogP contribution in [0.15, 0.2) is 36.4 Å². The van der Waals surface area contributed by atoms with Crippen molar-refractivity contribution in [1.82, 2.24) is 9.99 Å². The maximum atomic E-state index is 13.9. The van der Waals surface area contributed by atoms with E-state index in [-0.39, 0.29) is 5.84 Å². The predicted octanol–water partition coefficient (Wildman–Crippen LogP) is 3.96. The molecular weight excluding hydrogens is 408 g/mol. The molecule has 3 aromatic rings. The molecule has 0 spiro atoms. The summed E-state index contributed by atoms with van der Waals surface area (Å²) in [6.45, 7) is 0. The lowest BCUT2D eigenvalue weighted by atomic mass is 10.0. The van der Waals surface area contributed by atoms with Crippen molar-refractivity contribution in [3.63, 3.8) is 0 Å². The first-order chi connectivity index (χ1) is 14.3. The van der Waals surface area contributed by atoms with Crippen LogP contribution in [-0.2, 0) is 12.8 Å². The zero-order valence-corrected chi connectivity index (χ0v) is 16.9. The predicted molar refractivity (Wildman–Crippen MR) is 113 cm³/mol. The Morgan fingerprint density at radius 2 is 1.97 bits per heavy atom. The largest absolute Gasteiger partial charge is 0.298 e. The number of nitrogens with one attached hydrogen (secondary N) is 2. The van der Waals surface area contributed by atoms with Crippen molar-refractivity contribution in [2.45, 2.75) is 19.3 Å². The minimum Gasteiger partial charge on any atom is -0.298 e. The molecule has 0 bridgehead atoms. The number of amides is 1. The molecular formula is C21H19F2N5OS. The van der Waals surface area contributed by atoms with Crippen molar-refractivity contribution in [2.75, 3.05) is 12.4 Å². The van der Waals surface area contributed by atoms with Crippen LogP contribution in [0.3, 0.4) is 0 Å². The van der Waals surface area contributed by atoms with Crippen LogP contribution >= 0.6 is 11.3 Å². The highest BCUT2D eigenvalue weighted by Gasteiger charge is 2.23. The van der Waals surface area contributed by atoms with Crippen LogP contribution < -0.4 is 11.2 Å². The number of nitrogens with two attached hydrogens (primary N) is 1. The lowest BCUT2D eigenvalue weighted by Crippen LogP contribution is -2.33. The van der Waals surface area contributed by atoms with E-state index in [1.807, 2.05) is 18.2 Å². The summed E-state index contributed by atoms with van der Waals surface area (Å²) < 4.78 is 27.8. The van der Waals surface area contributed by atoms with E-state index in [1.54, 1.807) is 7.05 Å². The standard InChI is InChI=1S/C21H19F2N5OS/c1-28(25)19(24)12-8-9-13-11(10-12)4-2-7-16-18(13)30-21(26-16)27-20(29)17-14(22)5-3-6-15(17)23/h3,5-6,8-10,24H,2,4,7,25H2,1H3,(H,26,27,29). The first kappa shape index (κ1) is 20.1. The van der Waals surface area contributed by atoms with Crippen LogP contribution in [0.1, 0.15) is 33.6 Å². The molecule has 1 aliphatic rings. The Kier molecular flexibility index (Phi) is 5.31. The molecule has 0 atom stereocenters. The Bertz CT molecular complexity index is 1140. The minimum absolute atomic E-state index is 0.214. The molecule has 6 nitrogen and oxygen atoms in total. The average molecular weight is 427 g/mol. The molecule has 0 aliphatic heterocycles. The van der Waals surface area contributed by atoms with Crippen LogP contribution in [-0.4, -0.2) is 28.8 Å². The van der Waals surface area contributed by atoms with Crippen LogP contribution in [0.4, 0.5) is 13.9 Å². The molecule has 4 rings (SSSR count). The van der Waals surface area contributed by atoms with Gasteiger partial charge >= 0.3 is 0 Å². The molecule has 2 aromatic carbocycles. The molecule has 1 amide bonds. The fourth-order valence-electron chi connectivity index (χ4n) is 3.48. The molecule has 0 saturated heterocycles. The van der Waals surface area contributed by atoms with E-state index in [2.05, 4.69) is 10.3 Å². The molecule has 1 aromatic heterocycles. The third kappa shape index (κ3) is 3.69. The summed E-state index contributed by atoms with van der Waals surface area (Å²) in [5.41, 5.74) is 2.97. The number of anilines is 1. The summed E-state index contributed by atoms with van der Waals surface area (Å²) in [7, 11) is 1.61. The van der Waals surface area contributed by atoms with E-state index >= 15 is 0 Å². The van der Waals surface area contributed by atoms with E-state index in [0.29, 0.717) is 11.6 Å². The Hall–Kier alpha value is -3.17. The number of fused-ring (bicyclic) bond motifs is 3. The van der Waals surface area contributed by atoms with Gasteiger partial charge in [0, 0.05) is 12.6 Å². The van der Waals surface area contributed by atoms with Gasteiger partial charge in [0.1, 0.15) is 23.0 Å². The van der Waals surface area contributed by atoms with Crippen molar-refractivity contribution < 1.29 is 13.6 Å². The average Bonchev–Trinajstić information content (AvgIpc) is 3.01. The number of halogens is 2. The second-order valence-corrected chi connectivity index (χ2v) is 8.03. The van der Waals surface area contributed by atoms with Gasteiger partial charge in [-0.2, -0.15) is 0 Å². The smallest absolute Gasteiger partial charge is 0.263 e. The Balaban J connectivity index is 1.66. The molecule has 1 aliphatic carbocycles. The van der Waals surface area contributed by atoms with E-state index < -0.39 is 23.1 Å². The number of hydrazine groups is 1. The first-order valence-corrected chi connectivity index (χ1v) is 10.1. The van der Waals surface area contributed by atoms with Gasteiger partial charge in [-0.1, -0.05) is 29.5 Å². The summed E-state index contributed by atoms with van der Waals surface area (Å²) in [5, 5.41) is 12.2. The maximum Gasteiger partial charge on any atom is 0.263 e. The summed E-state index contributed by atoms with van der Waals surface area (Å²) in [6.07, 6.45) is 2.40. The zero-order chi connectivity index (χ0) is 21.4. The van der Waals surface area contributed by atoms with E-state index in [1.165, 1.54) is 22.4 Å². The number of rotatable bonds is 3. The molecule has 30 heavy (non-hydrogen) atoms. The van der Waals surface area contributed by atoms with Crippen LogP contribution in [0, 0.1) is 17.0 Å². The molecule has 0 saturated carbocycles.